The van der Waals surface area contributed by atoms with Crippen LogP contribution in [0.1, 0.15) is 31.4 Å². The van der Waals surface area contributed by atoms with Crippen molar-refractivity contribution in [3.05, 3.63) is 29.3 Å². The highest BCUT2D eigenvalue weighted by Crippen LogP contribution is 2.24. The zero-order valence-electron chi connectivity index (χ0n) is 12.8. The summed E-state index contributed by atoms with van der Waals surface area (Å²) in [6.45, 7) is 7.66. The average molecular weight is 299 g/mol. The maximum Gasteiger partial charge on any atom is 0.119 e. The Labute approximate surface area is 128 Å². The molecule has 1 aliphatic rings. The molecule has 0 aromatic heterocycles. The maximum atomic E-state index is 6.00. The van der Waals surface area contributed by atoms with Crippen molar-refractivity contribution in [2.24, 2.45) is 11.7 Å². The van der Waals surface area contributed by atoms with E-state index in [0.717, 1.165) is 25.3 Å². The highest BCUT2D eigenvalue weighted by atomic mass is 35.5. The van der Waals surface area contributed by atoms with Crippen LogP contribution in [0.5, 0.6) is 5.75 Å². The number of aryl methyl sites for hydroxylation is 1. The van der Waals surface area contributed by atoms with Crippen molar-refractivity contribution in [2.45, 2.75) is 39.3 Å². The third-order valence-electron chi connectivity index (χ3n) is 4.24. The zero-order chi connectivity index (χ0) is 13.8. The van der Waals surface area contributed by atoms with Gasteiger partial charge in [-0.3, -0.25) is 4.90 Å². The summed E-state index contributed by atoms with van der Waals surface area (Å²) in [5.74, 6) is 1.61. The highest BCUT2D eigenvalue weighted by Gasteiger charge is 2.25. The van der Waals surface area contributed by atoms with Crippen molar-refractivity contribution in [1.82, 2.24) is 4.90 Å². The molecule has 2 N–H and O–H groups in total. The van der Waals surface area contributed by atoms with Crippen LogP contribution in [0.4, 0.5) is 0 Å². The van der Waals surface area contributed by atoms with E-state index in [0.29, 0.717) is 12.0 Å². The van der Waals surface area contributed by atoms with Crippen molar-refractivity contribution < 1.29 is 4.74 Å². The van der Waals surface area contributed by atoms with E-state index in [-0.39, 0.29) is 12.4 Å². The topological polar surface area (TPSA) is 38.5 Å². The van der Waals surface area contributed by atoms with Crippen LogP contribution in [0.3, 0.4) is 0 Å². The molecule has 3 nitrogen and oxygen atoms in total. The molecule has 0 saturated carbocycles. The van der Waals surface area contributed by atoms with Gasteiger partial charge in [0.1, 0.15) is 5.75 Å². The maximum absolute atomic E-state index is 6.00. The molecule has 20 heavy (non-hydrogen) atoms. The molecule has 1 fully saturated rings. The lowest BCUT2D eigenvalue weighted by molar-refractivity contribution is 0.307. The molecule has 0 spiro atoms. The fourth-order valence-electron chi connectivity index (χ4n) is 2.89. The molecule has 2 rings (SSSR count). The molecule has 1 heterocycles. The third-order valence-corrected chi connectivity index (χ3v) is 4.24. The Bertz CT molecular complexity index is 423. The predicted octanol–water partition coefficient (Wildman–Crippen LogP) is 2.85. The average Bonchev–Trinajstić information content (AvgIpc) is 2.88. The summed E-state index contributed by atoms with van der Waals surface area (Å²) >= 11 is 0. The van der Waals surface area contributed by atoms with Gasteiger partial charge < -0.3 is 10.5 Å². The lowest BCUT2D eigenvalue weighted by Crippen LogP contribution is -2.29. The van der Waals surface area contributed by atoms with Gasteiger partial charge in [-0.05, 0) is 55.5 Å². The number of likely N-dealkylation sites (tertiary alicyclic amines) is 1. The van der Waals surface area contributed by atoms with Gasteiger partial charge >= 0.3 is 0 Å². The summed E-state index contributed by atoms with van der Waals surface area (Å²) in [5, 5.41) is 0. The Kier molecular flexibility index (Phi) is 6.80. The molecule has 0 radical (unpaired) electrons. The van der Waals surface area contributed by atoms with Crippen LogP contribution in [0.25, 0.3) is 0 Å². The summed E-state index contributed by atoms with van der Waals surface area (Å²) in [6.07, 6.45) is 2.28. The predicted molar refractivity (Wildman–Crippen MR) is 86.7 cm³/mol. The van der Waals surface area contributed by atoms with Crippen molar-refractivity contribution in [2.75, 3.05) is 20.2 Å². The van der Waals surface area contributed by atoms with Gasteiger partial charge in [0.15, 0.2) is 0 Å². The Morgan fingerprint density at radius 1 is 1.40 bits per heavy atom. The number of methoxy groups -OCH3 is 1. The first-order chi connectivity index (χ1) is 9.13. The van der Waals surface area contributed by atoms with Gasteiger partial charge in [-0.1, -0.05) is 13.0 Å². The van der Waals surface area contributed by atoms with Gasteiger partial charge in [0, 0.05) is 19.1 Å². The first kappa shape index (κ1) is 17.3. The minimum absolute atomic E-state index is 0. The molecule has 1 saturated heterocycles. The molecule has 2 atom stereocenters. The number of hydrogen-bond donors (Lipinski definition) is 1. The van der Waals surface area contributed by atoms with Crippen LogP contribution in [0.15, 0.2) is 18.2 Å². The summed E-state index contributed by atoms with van der Waals surface area (Å²) in [6, 6.07) is 6.74. The lowest BCUT2D eigenvalue weighted by Gasteiger charge is -2.19. The zero-order valence-corrected chi connectivity index (χ0v) is 13.6. The van der Waals surface area contributed by atoms with Crippen LogP contribution < -0.4 is 10.5 Å². The SMILES string of the molecule is CCc1cc(OC)ccc1CN1CCC(C(C)N)C1.Cl. The van der Waals surface area contributed by atoms with Crippen molar-refractivity contribution in [3.63, 3.8) is 0 Å². The van der Waals surface area contributed by atoms with E-state index in [4.69, 9.17) is 10.5 Å². The van der Waals surface area contributed by atoms with Crippen LogP contribution in [-0.2, 0) is 13.0 Å². The highest BCUT2D eigenvalue weighted by molar-refractivity contribution is 5.85. The van der Waals surface area contributed by atoms with Crippen LogP contribution in [-0.4, -0.2) is 31.1 Å². The molecule has 0 aliphatic carbocycles. The third kappa shape index (κ3) is 4.11. The van der Waals surface area contributed by atoms with Gasteiger partial charge in [-0.25, -0.2) is 0 Å². The summed E-state index contributed by atoms with van der Waals surface area (Å²) in [4.78, 5) is 2.52. The van der Waals surface area contributed by atoms with Crippen molar-refractivity contribution >= 4 is 12.4 Å². The first-order valence-corrected chi connectivity index (χ1v) is 7.27. The van der Waals surface area contributed by atoms with E-state index < -0.39 is 0 Å². The van der Waals surface area contributed by atoms with Crippen LogP contribution in [0, 0.1) is 5.92 Å². The van der Waals surface area contributed by atoms with Gasteiger partial charge in [-0.15, -0.1) is 12.4 Å². The lowest BCUT2D eigenvalue weighted by atomic mass is 10.0. The minimum Gasteiger partial charge on any atom is -0.497 e. The molecule has 0 bridgehead atoms. The van der Waals surface area contributed by atoms with E-state index in [1.165, 1.54) is 24.1 Å². The summed E-state index contributed by atoms with van der Waals surface area (Å²) in [5.41, 5.74) is 8.82. The molecule has 1 aliphatic heterocycles. The largest absolute Gasteiger partial charge is 0.497 e. The molecule has 2 unspecified atom stereocenters. The smallest absolute Gasteiger partial charge is 0.119 e. The monoisotopic (exact) mass is 298 g/mol. The normalized spacial score (nSPS) is 20.5. The fraction of sp³-hybridized carbons (Fsp3) is 0.625. The molecule has 4 heteroatoms. The quantitative estimate of drug-likeness (QED) is 0.908. The van der Waals surface area contributed by atoms with Crippen LogP contribution >= 0.6 is 12.4 Å². The Morgan fingerprint density at radius 3 is 2.70 bits per heavy atom. The number of halogens is 1. The number of hydrogen-bond acceptors (Lipinski definition) is 3. The molecule has 0 amide bonds. The second-order valence-electron chi connectivity index (χ2n) is 5.63. The van der Waals surface area contributed by atoms with Gasteiger partial charge in [0.25, 0.3) is 0 Å². The first-order valence-electron chi connectivity index (χ1n) is 7.27. The molecule has 1 aromatic rings. The fourth-order valence-corrected chi connectivity index (χ4v) is 2.89. The second kappa shape index (κ2) is 7.87. The number of nitrogens with zero attached hydrogens (tertiary/aromatic N) is 1. The number of ether oxygens (including phenoxy) is 1. The number of benzene rings is 1. The summed E-state index contributed by atoms with van der Waals surface area (Å²) in [7, 11) is 1.72. The number of rotatable bonds is 5. The van der Waals surface area contributed by atoms with Gasteiger partial charge in [0.2, 0.25) is 0 Å². The van der Waals surface area contributed by atoms with E-state index in [1.807, 2.05) is 0 Å². The standard InChI is InChI=1S/C16H26N2O.ClH/c1-4-13-9-16(19-3)6-5-15(13)11-18-8-7-14(10-18)12(2)17;/h5-6,9,12,14H,4,7-8,10-11,17H2,1-3H3;1H. The van der Waals surface area contributed by atoms with Crippen LogP contribution in [0.2, 0.25) is 0 Å². The van der Waals surface area contributed by atoms with Crippen molar-refractivity contribution in [3.8, 4) is 5.75 Å². The Hall–Kier alpha value is -0.770. The molecule has 114 valence electrons. The Balaban J connectivity index is 0.00000200. The van der Waals surface area contributed by atoms with E-state index >= 15 is 0 Å². The van der Waals surface area contributed by atoms with E-state index in [2.05, 4.69) is 36.9 Å². The van der Waals surface area contributed by atoms with Gasteiger partial charge in [-0.2, -0.15) is 0 Å². The molecular weight excluding hydrogens is 272 g/mol. The summed E-state index contributed by atoms with van der Waals surface area (Å²) < 4.78 is 5.30. The number of nitrogens with two attached hydrogens (primary N) is 1. The minimum atomic E-state index is 0. The second-order valence-corrected chi connectivity index (χ2v) is 5.63. The van der Waals surface area contributed by atoms with Crippen molar-refractivity contribution in [1.29, 1.82) is 0 Å². The molecule has 1 aromatic carbocycles. The Morgan fingerprint density at radius 2 is 2.15 bits per heavy atom. The molecular formula is C16H27ClN2O. The van der Waals surface area contributed by atoms with E-state index in [1.54, 1.807) is 7.11 Å². The van der Waals surface area contributed by atoms with E-state index in [9.17, 15) is 0 Å². The van der Waals surface area contributed by atoms with Gasteiger partial charge in [0.05, 0.1) is 7.11 Å².